The SMILES string of the molecule is COc1ccc(-c2csc(NC(=O)/C=C/c3ccco3)n2)cc1OC. The molecule has 0 radical (unpaired) electrons. The molecule has 6 nitrogen and oxygen atoms in total. The molecule has 0 aliphatic carbocycles. The van der Waals surface area contributed by atoms with Crippen LogP contribution in [0.4, 0.5) is 5.13 Å². The maximum Gasteiger partial charge on any atom is 0.250 e. The smallest absolute Gasteiger partial charge is 0.250 e. The van der Waals surface area contributed by atoms with Gasteiger partial charge in [-0.05, 0) is 36.4 Å². The molecule has 7 heteroatoms. The van der Waals surface area contributed by atoms with E-state index >= 15 is 0 Å². The largest absolute Gasteiger partial charge is 0.493 e. The number of anilines is 1. The van der Waals surface area contributed by atoms with Gasteiger partial charge in [-0.1, -0.05) is 0 Å². The second-order valence-corrected chi connectivity index (χ2v) is 5.80. The lowest BCUT2D eigenvalue weighted by Gasteiger charge is -2.08. The zero-order chi connectivity index (χ0) is 17.6. The van der Waals surface area contributed by atoms with Crippen molar-refractivity contribution in [1.82, 2.24) is 4.98 Å². The summed E-state index contributed by atoms with van der Waals surface area (Å²) in [5.41, 5.74) is 1.62. The molecule has 0 fully saturated rings. The molecular formula is C18H16N2O4S. The molecule has 3 rings (SSSR count). The van der Waals surface area contributed by atoms with Crippen LogP contribution in [0.3, 0.4) is 0 Å². The van der Waals surface area contributed by atoms with Gasteiger partial charge < -0.3 is 13.9 Å². The number of thiazole rings is 1. The Morgan fingerprint density at radius 3 is 2.80 bits per heavy atom. The lowest BCUT2D eigenvalue weighted by atomic mass is 10.1. The Morgan fingerprint density at radius 2 is 2.08 bits per heavy atom. The van der Waals surface area contributed by atoms with E-state index in [1.54, 1.807) is 38.7 Å². The highest BCUT2D eigenvalue weighted by atomic mass is 32.1. The van der Waals surface area contributed by atoms with Gasteiger partial charge in [0.05, 0.1) is 26.2 Å². The zero-order valence-corrected chi connectivity index (χ0v) is 14.5. The number of aromatic nitrogens is 1. The lowest BCUT2D eigenvalue weighted by molar-refractivity contribution is -0.111. The summed E-state index contributed by atoms with van der Waals surface area (Å²) in [7, 11) is 3.17. The van der Waals surface area contributed by atoms with Crippen LogP contribution in [-0.2, 0) is 4.79 Å². The van der Waals surface area contributed by atoms with Crippen LogP contribution >= 0.6 is 11.3 Å². The molecule has 0 aliphatic heterocycles. The number of carbonyl (C=O) groups is 1. The molecule has 0 saturated carbocycles. The summed E-state index contributed by atoms with van der Waals surface area (Å²) in [6.45, 7) is 0. The fourth-order valence-corrected chi connectivity index (χ4v) is 2.87. The molecule has 0 unspecified atom stereocenters. The van der Waals surface area contributed by atoms with Gasteiger partial charge in [0, 0.05) is 17.0 Å². The van der Waals surface area contributed by atoms with Gasteiger partial charge in [-0.3, -0.25) is 10.1 Å². The summed E-state index contributed by atoms with van der Waals surface area (Å²) in [6.07, 6.45) is 4.54. The van der Waals surface area contributed by atoms with Gasteiger partial charge in [-0.2, -0.15) is 0 Å². The van der Waals surface area contributed by atoms with Crippen molar-refractivity contribution in [3.05, 3.63) is 53.8 Å². The normalized spacial score (nSPS) is 10.8. The van der Waals surface area contributed by atoms with Gasteiger partial charge in [-0.25, -0.2) is 4.98 Å². The number of rotatable bonds is 6. The monoisotopic (exact) mass is 356 g/mol. The summed E-state index contributed by atoms with van der Waals surface area (Å²) in [4.78, 5) is 16.4. The number of furan rings is 1. The number of amides is 1. The van der Waals surface area contributed by atoms with E-state index in [1.807, 2.05) is 23.6 Å². The predicted molar refractivity (Wildman–Crippen MR) is 97.0 cm³/mol. The van der Waals surface area contributed by atoms with E-state index in [2.05, 4.69) is 10.3 Å². The maximum absolute atomic E-state index is 11.9. The fourth-order valence-electron chi connectivity index (χ4n) is 2.15. The topological polar surface area (TPSA) is 73.6 Å². The quantitative estimate of drug-likeness (QED) is 0.674. The van der Waals surface area contributed by atoms with Crippen molar-refractivity contribution in [3.63, 3.8) is 0 Å². The summed E-state index contributed by atoms with van der Waals surface area (Å²) in [5, 5.41) is 5.11. The first kappa shape index (κ1) is 16.8. The van der Waals surface area contributed by atoms with E-state index in [4.69, 9.17) is 13.9 Å². The van der Waals surface area contributed by atoms with Crippen molar-refractivity contribution in [2.75, 3.05) is 19.5 Å². The second-order valence-electron chi connectivity index (χ2n) is 4.95. The number of hydrogen-bond acceptors (Lipinski definition) is 6. The van der Waals surface area contributed by atoms with Gasteiger partial charge in [0.15, 0.2) is 16.6 Å². The lowest BCUT2D eigenvalue weighted by Crippen LogP contribution is -2.07. The molecule has 0 saturated heterocycles. The molecule has 0 aliphatic rings. The van der Waals surface area contributed by atoms with Crippen molar-refractivity contribution >= 4 is 28.5 Å². The highest BCUT2D eigenvalue weighted by molar-refractivity contribution is 7.14. The zero-order valence-electron chi connectivity index (χ0n) is 13.7. The maximum atomic E-state index is 11.9. The molecular weight excluding hydrogens is 340 g/mol. The number of carbonyl (C=O) groups excluding carboxylic acids is 1. The third kappa shape index (κ3) is 4.07. The van der Waals surface area contributed by atoms with Crippen molar-refractivity contribution in [2.24, 2.45) is 0 Å². The average Bonchev–Trinajstić information content (AvgIpc) is 3.31. The van der Waals surface area contributed by atoms with Gasteiger partial charge in [-0.15, -0.1) is 11.3 Å². The van der Waals surface area contributed by atoms with E-state index in [-0.39, 0.29) is 5.91 Å². The van der Waals surface area contributed by atoms with Crippen LogP contribution in [-0.4, -0.2) is 25.1 Å². The number of benzene rings is 1. The van der Waals surface area contributed by atoms with Crippen molar-refractivity contribution in [2.45, 2.75) is 0 Å². The second kappa shape index (κ2) is 7.67. The van der Waals surface area contributed by atoms with Crippen LogP contribution in [0.25, 0.3) is 17.3 Å². The molecule has 1 amide bonds. The average molecular weight is 356 g/mol. The Hall–Kier alpha value is -3.06. The molecule has 2 aromatic heterocycles. The van der Waals surface area contributed by atoms with E-state index in [9.17, 15) is 4.79 Å². The van der Waals surface area contributed by atoms with Gasteiger partial charge in [0.1, 0.15) is 5.76 Å². The Kier molecular flexibility index (Phi) is 5.15. The van der Waals surface area contributed by atoms with Gasteiger partial charge in [0.2, 0.25) is 5.91 Å². The summed E-state index contributed by atoms with van der Waals surface area (Å²) in [6, 6.07) is 9.07. The third-order valence-corrected chi connectivity index (χ3v) is 4.11. The minimum absolute atomic E-state index is 0.274. The minimum atomic E-state index is -0.274. The number of nitrogens with zero attached hydrogens (tertiary/aromatic N) is 1. The summed E-state index contributed by atoms with van der Waals surface area (Å²) in [5.74, 6) is 1.61. The van der Waals surface area contributed by atoms with Crippen molar-refractivity contribution in [3.8, 4) is 22.8 Å². The van der Waals surface area contributed by atoms with E-state index < -0.39 is 0 Å². The van der Waals surface area contributed by atoms with E-state index in [0.717, 1.165) is 11.3 Å². The highest BCUT2D eigenvalue weighted by Crippen LogP contribution is 2.33. The van der Waals surface area contributed by atoms with Crippen LogP contribution < -0.4 is 14.8 Å². The van der Waals surface area contributed by atoms with Crippen molar-refractivity contribution in [1.29, 1.82) is 0 Å². The summed E-state index contributed by atoms with van der Waals surface area (Å²) >= 11 is 1.35. The number of methoxy groups -OCH3 is 2. The van der Waals surface area contributed by atoms with E-state index in [0.29, 0.717) is 22.4 Å². The fraction of sp³-hybridized carbons (Fsp3) is 0.111. The molecule has 0 spiro atoms. The van der Waals surface area contributed by atoms with E-state index in [1.165, 1.54) is 17.4 Å². The van der Waals surface area contributed by atoms with Gasteiger partial charge >= 0.3 is 0 Å². The summed E-state index contributed by atoms with van der Waals surface area (Å²) < 4.78 is 15.7. The highest BCUT2D eigenvalue weighted by Gasteiger charge is 2.10. The molecule has 0 bridgehead atoms. The first-order chi connectivity index (χ1) is 12.2. The predicted octanol–water partition coefficient (Wildman–Crippen LogP) is 4.07. The Labute approximate surface area is 148 Å². The third-order valence-electron chi connectivity index (χ3n) is 3.36. The van der Waals surface area contributed by atoms with Crippen LogP contribution in [0.2, 0.25) is 0 Å². The first-order valence-electron chi connectivity index (χ1n) is 7.40. The minimum Gasteiger partial charge on any atom is -0.493 e. The van der Waals surface area contributed by atoms with Crippen LogP contribution in [0, 0.1) is 0 Å². The molecule has 3 aromatic rings. The molecule has 0 atom stereocenters. The van der Waals surface area contributed by atoms with Crippen LogP contribution in [0.5, 0.6) is 11.5 Å². The molecule has 128 valence electrons. The number of nitrogens with one attached hydrogen (secondary N) is 1. The van der Waals surface area contributed by atoms with Crippen molar-refractivity contribution < 1.29 is 18.7 Å². The van der Waals surface area contributed by atoms with Crippen LogP contribution in [0.15, 0.2) is 52.5 Å². The molecule has 1 aromatic carbocycles. The Balaban J connectivity index is 1.71. The number of ether oxygens (including phenoxy) is 2. The molecule has 1 N–H and O–H groups in total. The Bertz CT molecular complexity index is 884. The Morgan fingerprint density at radius 1 is 1.24 bits per heavy atom. The standard InChI is InChI=1S/C18H16N2O4S/c1-22-15-7-5-12(10-16(15)23-2)14-11-25-18(19-14)20-17(21)8-6-13-4-3-9-24-13/h3-11H,1-2H3,(H,19,20,21)/b8-6+. The molecule has 25 heavy (non-hydrogen) atoms. The van der Waals surface area contributed by atoms with Gasteiger partial charge in [0.25, 0.3) is 0 Å². The molecule has 2 heterocycles. The number of hydrogen-bond donors (Lipinski definition) is 1. The van der Waals surface area contributed by atoms with Crippen LogP contribution in [0.1, 0.15) is 5.76 Å². The first-order valence-corrected chi connectivity index (χ1v) is 8.28.